The Bertz CT molecular complexity index is 217. The van der Waals surface area contributed by atoms with E-state index in [1.165, 1.54) is 0 Å². The van der Waals surface area contributed by atoms with Crippen molar-refractivity contribution in [3.05, 3.63) is 0 Å². The first kappa shape index (κ1) is 9.98. The molecule has 74 valence electrons. The van der Waals surface area contributed by atoms with Crippen molar-refractivity contribution in [1.82, 2.24) is 10.2 Å². The molecule has 1 aliphatic rings. The van der Waals surface area contributed by atoms with Crippen LogP contribution in [0.25, 0.3) is 0 Å². The van der Waals surface area contributed by atoms with Crippen molar-refractivity contribution in [3.63, 3.8) is 0 Å². The molecule has 3 amide bonds. The second kappa shape index (κ2) is 4.23. The smallest absolute Gasteiger partial charge is 0.324 e. The van der Waals surface area contributed by atoms with E-state index in [0.29, 0.717) is 19.6 Å². The van der Waals surface area contributed by atoms with Crippen molar-refractivity contribution in [3.8, 4) is 0 Å². The molecular weight excluding hydrogens is 172 g/mol. The summed E-state index contributed by atoms with van der Waals surface area (Å²) in [7, 11) is 1.59. The third-order valence-corrected chi connectivity index (χ3v) is 2.03. The quantitative estimate of drug-likeness (QED) is 0.673. The van der Waals surface area contributed by atoms with Gasteiger partial charge in [0.05, 0.1) is 12.6 Å². The van der Waals surface area contributed by atoms with E-state index in [1.54, 1.807) is 12.0 Å². The van der Waals surface area contributed by atoms with Crippen LogP contribution in [0.4, 0.5) is 4.79 Å². The van der Waals surface area contributed by atoms with Crippen molar-refractivity contribution in [2.75, 3.05) is 20.3 Å². The number of methoxy groups -OCH3 is 1. The zero-order valence-corrected chi connectivity index (χ0v) is 7.87. The van der Waals surface area contributed by atoms with Crippen LogP contribution in [-0.4, -0.2) is 43.1 Å². The Balaban J connectivity index is 2.50. The van der Waals surface area contributed by atoms with Gasteiger partial charge in [-0.3, -0.25) is 10.1 Å². The van der Waals surface area contributed by atoms with Crippen LogP contribution in [0, 0.1) is 0 Å². The van der Waals surface area contributed by atoms with Gasteiger partial charge in [0.25, 0.3) is 0 Å². The fourth-order valence-corrected chi connectivity index (χ4v) is 1.33. The minimum absolute atomic E-state index is 0.0121. The monoisotopic (exact) mass is 186 g/mol. The number of nitrogens with one attached hydrogen (secondary N) is 1. The summed E-state index contributed by atoms with van der Waals surface area (Å²) >= 11 is 0. The first-order valence-electron chi connectivity index (χ1n) is 4.24. The van der Waals surface area contributed by atoms with Crippen molar-refractivity contribution in [2.45, 2.75) is 19.4 Å². The highest BCUT2D eigenvalue weighted by Gasteiger charge is 2.26. The minimum atomic E-state index is -0.319. The summed E-state index contributed by atoms with van der Waals surface area (Å²) in [4.78, 5) is 23.7. The summed E-state index contributed by atoms with van der Waals surface area (Å²) in [6.45, 7) is 2.86. The lowest BCUT2D eigenvalue weighted by Crippen LogP contribution is -2.53. The number of urea groups is 1. The summed E-state index contributed by atoms with van der Waals surface area (Å²) in [5.74, 6) is -0.203. The molecule has 1 aliphatic heterocycles. The molecule has 0 aromatic heterocycles. The summed E-state index contributed by atoms with van der Waals surface area (Å²) in [5.41, 5.74) is 0. The van der Waals surface area contributed by atoms with Crippen molar-refractivity contribution >= 4 is 11.9 Å². The number of nitrogens with zero attached hydrogens (tertiary/aromatic N) is 1. The zero-order chi connectivity index (χ0) is 9.84. The van der Waals surface area contributed by atoms with E-state index in [-0.39, 0.29) is 18.0 Å². The van der Waals surface area contributed by atoms with Gasteiger partial charge in [-0.2, -0.15) is 0 Å². The van der Waals surface area contributed by atoms with Crippen LogP contribution in [0.15, 0.2) is 0 Å². The molecule has 5 heteroatoms. The highest BCUT2D eigenvalue weighted by molar-refractivity contribution is 5.96. The fourth-order valence-electron chi connectivity index (χ4n) is 1.33. The third kappa shape index (κ3) is 2.42. The van der Waals surface area contributed by atoms with E-state index >= 15 is 0 Å². The molecule has 1 rings (SSSR count). The molecule has 0 aromatic rings. The molecule has 1 fully saturated rings. The lowest BCUT2D eigenvalue weighted by atomic mass is 10.2. The summed E-state index contributed by atoms with van der Waals surface area (Å²) in [6, 6.07) is -0.307. The topological polar surface area (TPSA) is 58.6 Å². The Labute approximate surface area is 77.0 Å². The molecule has 1 saturated heterocycles. The molecule has 0 radical (unpaired) electrons. The molecule has 0 aromatic carbocycles. The van der Waals surface area contributed by atoms with Crippen LogP contribution in [0.2, 0.25) is 0 Å². The van der Waals surface area contributed by atoms with E-state index < -0.39 is 0 Å². The Morgan fingerprint density at radius 1 is 1.62 bits per heavy atom. The van der Waals surface area contributed by atoms with Gasteiger partial charge in [-0.05, 0) is 6.92 Å². The Kier molecular flexibility index (Phi) is 3.25. The lowest BCUT2D eigenvalue weighted by molar-refractivity contribution is -0.121. The predicted molar refractivity (Wildman–Crippen MR) is 46.2 cm³/mol. The number of carbonyl (C=O) groups is 2. The Morgan fingerprint density at radius 2 is 2.31 bits per heavy atom. The van der Waals surface area contributed by atoms with Gasteiger partial charge in [0.15, 0.2) is 0 Å². The normalized spacial score (nSPS) is 20.0. The van der Waals surface area contributed by atoms with Gasteiger partial charge in [-0.25, -0.2) is 4.79 Å². The standard InChI is InChI=1S/C8H14N2O3/c1-6(5-13-2)10-4-3-7(11)9-8(10)12/h6H,3-5H2,1-2H3,(H,9,11,12). The van der Waals surface area contributed by atoms with Gasteiger partial charge in [0, 0.05) is 20.1 Å². The average Bonchev–Trinajstić information content (AvgIpc) is 2.04. The molecule has 1 heterocycles. The number of carbonyl (C=O) groups excluding carboxylic acids is 2. The minimum Gasteiger partial charge on any atom is -0.383 e. The van der Waals surface area contributed by atoms with Gasteiger partial charge in [0.2, 0.25) is 5.91 Å². The van der Waals surface area contributed by atoms with Crippen molar-refractivity contribution in [2.24, 2.45) is 0 Å². The molecular formula is C8H14N2O3. The molecule has 0 spiro atoms. The van der Waals surface area contributed by atoms with E-state index in [1.807, 2.05) is 6.92 Å². The van der Waals surface area contributed by atoms with Crippen LogP contribution >= 0.6 is 0 Å². The maximum absolute atomic E-state index is 11.3. The van der Waals surface area contributed by atoms with E-state index in [4.69, 9.17) is 4.74 Å². The number of ether oxygens (including phenoxy) is 1. The number of hydrogen-bond acceptors (Lipinski definition) is 3. The van der Waals surface area contributed by atoms with Gasteiger partial charge in [-0.1, -0.05) is 0 Å². The predicted octanol–water partition coefficient (Wildman–Crippen LogP) is -0.0368. The average molecular weight is 186 g/mol. The molecule has 1 unspecified atom stereocenters. The van der Waals surface area contributed by atoms with Crippen LogP contribution in [-0.2, 0) is 9.53 Å². The molecule has 1 atom stereocenters. The van der Waals surface area contributed by atoms with Crippen LogP contribution in [0.5, 0.6) is 0 Å². The number of amides is 3. The van der Waals surface area contributed by atoms with Gasteiger partial charge in [-0.15, -0.1) is 0 Å². The highest BCUT2D eigenvalue weighted by Crippen LogP contribution is 2.05. The van der Waals surface area contributed by atoms with Gasteiger partial charge in [0.1, 0.15) is 0 Å². The SMILES string of the molecule is COCC(C)N1CCC(=O)NC1=O. The maximum atomic E-state index is 11.3. The molecule has 0 bridgehead atoms. The first-order chi connectivity index (χ1) is 6.15. The molecule has 5 nitrogen and oxygen atoms in total. The summed E-state index contributed by atoms with van der Waals surface area (Å²) in [6.07, 6.45) is 0.375. The summed E-state index contributed by atoms with van der Waals surface area (Å²) in [5, 5.41) is 2.26. The second-order valence-electron chi connectivity index (χ2n) is 3.10. The molecule has 0 aliphatic carbocycles. The zero-order valence-electron chi connectivity index (χ0n) is 7.87. The van der Waals surface area contributed by atoms with E-state index in [0.717, 1.165) is 0 Å². The molecule has 0 saturated carbocycles. The Morgan fingerprint density at radius 3 is 2.85 bits per heavy atom. The van der Waals surface area contributed by atoms with Crippen molar-refractivity contribution in [1.29, 1.82) is 0 Å². The van der Waals surface area contributed by atoms with Gasteiger partial charge < -0.3 is 9.64 Å². The van der Waals surface area contributed by atoms with Gasteiger partial charge >= 0.3 is 6.03 Å². The van der Waals surface area contributed by atoms with E-state index in [9.17, 15) is 9.59 Å². The summed E-state index contributed by atoms with van der Waals surface area (Å²) < 4.78 is 4.93. The number of imide groups is 1. The van der Waals surface area contributed by atoms with Crippen LogP contribution in [0.3, 0.4) is 0 Å². The van der Waals surface area contributed by atoms with E-state index in [2.05, 4.69) is 5.32 Å². The Hall–Kier alpha value is -1.10. The maximum Gasteiger partial charge on any atom is 0.324 e. The van der Waals surface area contributed by atoms with Crippen molar-refractivity contribution < 1.29 is 14.3 Å². The lowest BCUT2D eigenvalue weighted by Gasteiger charge is -2.31. The number of rotatable bonds is 3. The van der Waals surface area contributed by atoms with Crippen LogP contribution in [0.1, 0.15) is 13.3 Å². The fraction of sp³-hybridized carbons (Fsp3) is 0.750. The second-order valence-corrected chi connectivity index (χ2v) is 3.10. The molecule has 13 heavy (non-hydrogen) atoms. The molecule has 1 N–H and O–H groups in total. The first-order valence-corrected chi connectivity index (χ1v) is 4.24. The number of hydrogen-bond donors (Lipinski definition) is 1. The van der Waals surface area contributed by atoms with Crippen LogP contribution < -0.4 is 5.32 Å². The highest BCUT2D eigenvalue weighted by atomic mass is 16.5. The third-order valence-electron chi connectivity index (χ3n) is 2.03. The largest absolute Gasteiger partial charge is 0.383 e.